The predicted octanol–water partition coefficient (Wildman–Crippen LogP) is 3.77. The molecule has 0 atom stereocenters. The number of aliphatic hydroxyl groups is 1. The van der Waals surface area contributed by atoms with Gasteiger partial charge in [-0.05, 0) is 50.8 Å². The maximum absolute atomic E-state index is 10.1. The van der Waals surface area contributed by atoms with Crippen LogP contribution in [0.3, 0.4) is 0 Å². The molecule has 0 aromatic carbocycles. The van der Waals surface area contributed by atoms with E-state index in [2.05, 4.69) is 21.4 Å². The molecule has 24 heavy (non-hydrogen) atoms. The summed E-state index contributed by atoms with van der Waals surface area (Å²) in [5, 5.41) is 22.9. The van der Waals surface area contributed by atoms with Crippen molar-refractivity contribution >= 4 is 17.3 Å². The van der Waals surface area contributed by atoms with E-state index in [4.69, 9.17) is 16.9 Å². The number of halogens is 1. The van der Waals surface area contributed by atoms with Gasteiger partial charge in [0.15, 0.2) is 0 Å². The Balaban J connectivity index is 1.84. The summed E-state index contributed by atoms with van der Waals surface area (Å²) in [6.45, 7) is 1.89. The van der Waals surface area contributed by atoms with Crippen molar-refractivity contribution in [2.75, 3.05) is 5.32 Å². The molecule has 2 heterocycles. The van der Waals surface area contributed by atoms with Crippen LogP contribution in [0.15, 0.2) is 30.6 Å². The second-order valence-electron chi connectivity index (χ2n) is 6.51. The van der Waals surface area contributed by atoms with E-state index >= 15 is 0 Å². The molecule has 1 aliphatic rings. The van der Waals surface area contributed by atoms with Gasteiger partial charge in [-0.2, -0.15) is 5.26 Å². The van der Waals surface area contributed by atoms with Crippen LogP contribution < -0.4 is 5.32 Å². The fourth-order valence-electron chi connectivity index (χ4n) is 2.98. The summed E-state index contributed by atoms with van der Waals surface area (Å²) in [5.41, 5.74) is 2.42. The standard InChI is InChI=1S/C18H19ClN4O/c1-18(24)6-4-13(5-7-18)23-16-8-17(19)22-11-14(16)15-3-2-12(9-20)10-21-15/h2-3,8,10-11,13,24H,4-7H2,1H3,(H,22,23). The Bertz CT molecular complexity index is 758. The fraction of sp³-hybridized carbons (Fsp3) is 0.389. The molecule has 3 rings (SSSR count). The lowest BCUT2D eigenvalue weighted by Gasteiger charge is -2.34. The molecule has 2 N–H and O–H groups in total. The van der Waals surface area contributed by atoms with Crippen LogP contribution in [0.25, 0.3) is 11.3 Å². The molecular weight excluding hydrogens is 324 g/mol. The zero-order valence-electron chi connectivity index (χ0n) is 13.5. The first-order valence-corrected chi connectivity index (χ1v) is 8.36. The first-order chi connectivity index (χ1) is 11.5. The highest BCUT2D eigenvalue weighted by Crippen LogP contribution is 2.33. The van der Waals surface area contributed by atoms with E-state index in [9.17, 15) is 5.11 Å². The molecule has 0 unspecified atom stereocenters. The third-order valence-electron chi connectivity index (χ3n) is 4.46. The second-order valence-corrected chi connectivity index (χ2v) is 6.90. The summed E-state index contributed by atoms with van der Waals surface area (Å²) in [7, 11) is 0. The molecule has 0 saturated heterocycles. The largest absolute Gasteiger partial charge is 0.390 e. The molecule has 0 spiro atoms. The van der Waals surface area contributed by atoms with E-state index in [0.717, 1.165) is 42.6 Å². The van der Waals surface area contributed by atoms with E-state index < -0.39 is 5.60 Å². The normalized spacial score (nSPS) is 23.5. The number of nitrogens with zero attached hydrogens (tertiary/aromatic N) is 3. The van der Waals surface area contributed by atoms with Crippen molar-refractivity contribution in [3.05, 3.63) is 41.3 Å². The number of nitriles is 1. The van der Waals surface area contributed by atoms with Crippen molar-refractivity contribution < 1.29 is 5.11 Å². The van der Waals surface area contributed by atoms with Gasteiger partial charge in [0.2, 0.25) is 0 Å². The molecule has 6 heteroatoms. The lowest BCUT2D eigenvalue weighted by atomic mass is 9.83. The number of hydrogen-bond acceptors (Lipinski definition) is 5. The zero-order valence-corrected chi connectivity index (χ0v) is 14.2. The quantitative estimate of drug-likeness (QED) is 0.830. The van der Waals surface area contributed by atoms with Gasteiger partial charge < -0.3 is 10.4 Å². The summed E-state index contributed by atoms with van der Waals surface area (Å²) in [6, 6.07) is 7.68. The average molecular weight is 343 g/mol. The van der Waals surface area contributed by atoms with Gasteiger partial charge >= 0.3 is 0 Å². The highest BCUT2D eigenvalue weighted by atomic mass is 35.5. The van der Waals surface area contributed by atoms with Crippen LogP contribution in [-0.4, -0.2) is 26.7 Å². The minimum atomic E-state index is -0.564. The van der Waals surface area contributed by atoms with Gasteiger partial charge in [0.05, 0.1) is 16.9 Å². The van der Waals surface area contributed by atoms with E-state index in [1.54, 1.807) is 30.6 Å². The van der Waals surface area contributed by atoms with E-state index in [0.29, 0.717) is 10.7 Å². The number of hydrogen-bond donors (Lipinski definition) is 2. The molecule has 0 bridgehead atoms. The first kappa shape index (κ1) is 16.7. The Morgan fingerprint density at radius 1 is 1.29 bits per heavy atom. The molecule has 2 aromatic heterocycles. The van der Waals surface area contributed by atoms with Crippen LogP contribution in [0.4, 0.5) is 5.69 Å². The topological polar surface area (TPSA) is 81.8 Å². The molecule has 5 nitrogen and oxygen atoms in total. The van der Waals surface area contributed by atoms with Gasteiger partial charge in [-0.25, -0.2) is 4.98 Å². The van der Waals surface area contributed by atoms with Gasteiger partial charge in [-0.1, -0.05) is 11.6 Å². The molecule has 2 aromatic rings. The highest BCUT2D eigenvalue weighted by molar-refractivity contribution is 6.29. The molecule has 0 radical (unpaired) electrons. The minimum Gasteiger partial charge on any atom is -0.390 e. The van der Waals surface area contributed by atoms with Gasteiger partial charge in [0.1, 0.15) is 11.2 Å². The second kappa shape index (κ2) is 6.76. The number of pyridine rings is 2. The zero-order chi connectivity index (χ0) is 17.2. The van der Waals surface area contributed by atoms with Crippen LogP contribution >= 0.6 is 11.6 Å². The molecule has 1 saturated carbocycles. The number of nitrogens with one attached hydrogen (secondary N) is 1. The lowest BCUT2D eigenvalue weighted by molar-refractivity contribution is 0.0196. The Labute approximate surface area is 146 Å². The Hall–Kier alpha value is -2.16. The van der Waals surface area contributed by atoms with Crippen molar-refractivity contribution in [1.29, 1.82) is 5.26 Å². The molecule has 124 valence electrons. The maximum Gasteiger partial charge on any atom is 0.131 e. The van der Waals surface area contributed by atoms with Gasteiger partial charge in [0, 0.05) is 29.7 Å². The van der Waals surface area contributed by atoms with Gasteiger partial charge in [-0.3, -0.25) is 4.98 Å². The number of rotatable bonds is 3. The fourth-order valence-corrected chi connectivity index (χ4v) is 3.13. The molecule has 0 aliphatic heterocycles. The first-order valence-electron chi connectivity index (χ1n) is 7.98. The average Bonchev–Trinajstić information content (AvgIpc) is 2.57. The third kappa shape index (κ3) is 3.84. The SMILES string of the molecule is CC1(O)CCC(Nc2cc(Cl)ncc2-c2ccc(C#N)cn2)CC1. The molecule has 0 amide bonds. The van der Waals surface area contributed by atoms with Crippen LogP contribution in [0.2, 0.25) is 5.15 Å². The van der Waals surface area contributed by atoms with E-state index in [1.807, 2.05) is 6.92 Å². The Morgan fingerprint density at radius 3 is 2.67 bits per heavy atom. The summed E-state index contributed by atoms with van der Waals surface area (Å²) in [6.07, 6.45) is 6.58. The van der Waals surface area contributed by atoms with Crippen LogP contribution in [-0.2, 0) is 0 Å². The Morgan fingerprint density at radius 2 is 2.04 bits per heavy atom. The third-order valence-corrected chi connectivity index (χ3v) is 4.67. The predicted molar refractivity (Wildman–Crippen MR) is 93.7 cm³/mol. The summed E-state index contributed by atoms with van der Waals surface area (Å²) in [5.74, 6) is 0. The summed E-state index contributed by atoms with van der Waals surface area (Å²) < 4.78 is 0. The highest BCUT2D eigenvalue weighted by Gasteiger charge is 2.29. The maximum atomic E-state index is 10.1. The van der Waals surface area contributed by atoms with Gasteiger partial charge in [0.25, 0.3) is 0 Å². The summed E-state index contributed by atoms with van der Waals surface area (Å²) in [4.78, 5) is 8.50. The minimum absolute atomic E-state index is 0.279. The van der Waals surface area contributed by atoms with Crippen molar-refractivity contribution in [1.82, 2.24) is 9.97 Å². The smallest absolute Gasteiger partial charge is 0.131 e. The molecule has 1 aliphatic carbocycles. The molecule has 1 fully saturated rings. The number of aromatic nitrogens is 2. The number of anilines is 1. The van der Waals surface area contributed by atoms with Crippen molar-refractivity contribution in [3.63, 3.8) is 0 Å². The van der Waals surface area contributed by atoms with Crippen molar-refractivity contribution in [3.8, 4) is 17.3 Å². The van der Waals surface area contributed by atoms with Gasteiger partial charge in [-0.15, -0.1) is 0 Å². The summed E-state index contributed by atoms with van der Waals surface area (Å²) >= 11 is 6.06. The van der Waals surface area contributed by atoms with Crippen molar-refractivity contribution in [2.24, 2.45) is 0 Å². The Kier molecular flexibility index (Phi) is 4.70. The monoisotopic (exact) mass is 342 g/mol. The van der Waals surface area contributed by atoms with E-state index in [-0.39, 0.29) is 6.04 Å². The van der Waals surface area contributed by atoms with Crippen LogP contribution in [0, 0.1) is 11.3 Å². The van der Waals surface area contributed by atoms with Crippen LogP contribution in [0.5, 0.6) is 0 Å². The molecular formula is C18H19ClN4O. The van der Waals surface area contributed by atoms with Crippen LogP contribution in [0.1, 0.15) is 38.2 Å². The lowest BCUT2D eigenvalue weighted by Crippen LogP contribution is -2.35. The van der Waals surface area contributed by atoms with Crippen molar-refractivity contribution in [2.45, 2.75) is 44.2 Å². The van der Waals surface area contributed by atoms with E-state index in [1.165, 1.54) is 0 Å².